The number of nitrogens with one attached hydrogen (secondary N) is 2. The molecule has 0 aliphatic rings. The fourth-order valence-corrected chi connectivity index (χ4v) is 1.83. The predicted molar refractivity (Wildman–Crippen MR) is 66.7 cm³/mol. The Morgan fingerprint density at radius 1 is 1.56 bits per heavy atom. The molecule has 0 unspecified atom stereocenters. The van der Waals surface area contributed by atoms with E-state index in [-0.39, 0.29) is 0 Å². The molecule has 94 valence electrons. The van der Waals surface area contributed by atoms with Gasteiger partial charge in [-0.2, -0.15) is 10.4 Å². The van der Waals surface area contributed by atoms with Crippen LogP contribution in [0.15, 0.2) is 12.4 Å². The van der Waals surface area contributed by atoms with Gasteiger partial charge in [0.1, 0.15) is 23.9 Å². The number of H-pyrrole nitrogens is 1. The lowest BCUT2D eigenvalue weighted by molar-refractivity contribution is 0.667. The van der Waals surface area contributed by atoms with E-state index in [0.717, 1.165) is 36.6 Å². The van der Waals surface area contributed by atoms with E-state index in [0.29, 0.717) is 5.69 Å². The van der Waals surface area contributed by atoms with Gasteiger partial charge in [0.15, 0.2) is 0 Å². The number of nitrogens with zero attached hydrogens (tertiary/aromatic N) is 4. The maximum atomic E-state index is 8.94. The third kappa shape index (κ3) is 2.57. The van der Waals surface area contributed by atoms with Gasteiger partial charge in [-0.15, -0.1) is 0 Å². The highest BCUT2D eigenvalue weighted by Gasteiger charge is 2.07. The average Bonchev–Trinajstić information content (AvgIpc) is 2.97. The summed E-state index contributed by atoms with van der Waals surface area (Å²) in [6, 6.07) is 4.11. The van der Waals surface area contributed by atoms with Crippen molar-refractivity contribution in [3.63, 3.8) is 0 Å². The molecule has 2 N–H and O–H groups in total. The molecule has 0 aromatic carbocycles. The van der Waals surface area contributed by atoms with Crippen LogP contribution in [0.2, 0.25) is 0 Å². The summed E-state index contributed by atoms with van der Waals surface area (Å²) in [5, 5.41) is 18.9. The highest BCUT2D eigenvalue weighted by Crippen LogP contribution is 2.12. The summed E-state index contributed by atoms with van der Waals surface area (Å²) in [6.45, 7) is 3.61. The Hall–Kier alpha value is -2.13. The molecule has 0 saturated heterocycles. The molecule has 2 heterocycles. The first kappa shape index (κ1) is 12.3. The second-order valence-electron chi connectivity index (χ2n) is 4.17. The molecule has 6 heteroatoms. The van der Waals surface area contributed by atoms with Gasteiger partial charge < -0.3 is 9.88 Å². The molecular weight excluding hydrogens is 228 g/mol. The van der Waals surface area contributed by atoms with Crippen molar-refractivity contribution in [2.24, 2.45) is 7.05 Å². The van der Waals surface area contributed by atoms with Crippen molar-refractivity contribution in [2.75, 3.05) is 6.54 Å². The number of aromatic amines is 1. The first-order chi connectivity index (χ1) is 8.72. The molecule has 6 nitrogen and oxygen atoms in total. The van der Waals surface area contributed by atoms with Gasteiger partial charge in [0.2, 0.25) is 0 Å². The Labute approximate surface area is 106 Å². The van der Waals surface area contributed by atoms with E-state index in [1.54, 1.807) is 0 Å². The topological polar surface area (TPSA) is 82.3 Å². The average molecular weight is 244 g/mol. The number of hydrogen-bond donors (Lipinski definition) is 2. The molecule has 2 rings (SSSR count). The van der Waals surface area contributed by atoms with Gasteiger partial charge in [-0.3, -0.25) is 5.10 Å². The lowest BCUT2D eigenvalue weighted by Crippen LogP contribution is -2.17. The lowest BCUT2D eigenvalue weighted by atomic mass is 10.2. The van der Waals surface area contributed by atoms with Crippen molar-refractivity contribution in [3.05, 3.63) is 35.2 Å². The molecular formula is C12H16N6. The fraction of sp³-hybridized carbons (Fsp3) is 0.417. The monoisotopic (exact) mass is 244 g/mol. The van der Waals surface area contributed by atoms with Crippen LogP contribution in [0.5, 0.6) is 0 Å². The van der Waals surface area contributed by atoms with Crippen molar-refractivity contribution >= 4 is 0 Å². The van der Waals surface area contributed by atoms with Crippen LogP contribution in [0.3, 0.4) is 0 Å². The second kappa shape index (κ2) is 5.47. The fourth-order valence-electron chi connectivity index (χ4n) is 1.83. The van der Waals surface area contributed by atoms with Crippen LogP contribution in [-0.4, -0.2) is 26.3 Å². The van der Waals surface area contributed by atoms with Crippen LogP contribution in [0.1, 0.15) is 22.8 Å². The zero-order valence-electron chi connectivity index (χ0n) is 10.6. The van der Waals surface area contributed by atoms with Crippen LogP contribution < -0.4 is 5.32 Å². The van der Waals surface area contributed by atoms with Crippen LogP contribution in [0.25, 0.3) is 0 Å². The normalized spacial score (nSPS) is 10.5. The van der Waals surface area contributed by atoms with E-state index in [4.69, 9.17) is 5.26 Å². The summed E-state index contributed by atoms with van der Waals surface area (Å²) in [5.74, 6) is 0.880. The highest BCUT2D eigenvalue weighted by molar-refractivity contribution is 5.33. The molecule has 0 fully saturated rings. The largest absolute Gasteiger partial charge is 0.340 e. The third-order valence-corrected chi connectivity index (χ3v) is 3.07. The van der Waals surface area contributed by atoms with Gasteiger partial charge in [-0.1, -0.05) is 0 Å². The molecule has 0 radical (unpaired) electrons. The van der Waals surface area contributed by atoms with Gasteiger partial charge in [0.05, 0.1) is 0 Å². The minimum absolute atomic E-state index is 0.694. The van der Waals surface area contributed by atoms with Gasteiger partial charge in [-0.25, -0.2) is 4.98 Å². The van der Waals surface area contributed by atoms with Gasteiger partial charge in [0, 0.05) is 32.3 Å². The minimum atomic E-state index is 0.694. The molecule has 0 aliphatic carbocycles. The molecule has 0 atom stereocenters. The maximum absolute atomic E-state index is 8.94. The van der Waals surface area contributed by atoms with Gasteiger partial charge >= 0.3 is 0 Å². The molecule has 0 spiro atoms. The van der Waals surface area contributed by atoms with Crippen molar-refractivity contribution in [1.82, 2.24) is 25.1 Å². The summed E-state index contributed by atoms with van der Waals surface area (Å²) < 4.78 is 1.91. The third-order valence-electron chi connectivity index (χ3n) is 3.07. The van der Waals surface area contributed by atoms with E-state index in [1.165, 1.54) is 6.33 Å². The van der Waals surface area contributed by atoms with Crippen LogP contribution in [-0.2, 0) is 20.0 Å². The molecule has 2 aromatic heterocycles. The number of nitriles is 1. The van der Waals surface area contributed by atoms with Crippen molar-refractivity contribution in [3.8, 4) is 6.07 Å². The first-order valence-corrected chi connectivity index (χ1v) is 5.82. The molecule has 0 aliphatic heterocycles. The Morgan fingerprint density at radius 2 is 2.39 bits per heavy atom. The Morgan fingerprint density at radius 3 is 3.00 bits per heavy atom. The molecule has 0 amide bonds. The maximum Gasteiger partial charge on any atom is 0.137 e. The molecule has 18 heavy (non-hydrogen) atoms. The summed E-state index contributed by atoms with van der Waals surface area (Å²) in [5.41, 5.74) is 2.98. The van der Waals surface area contributed by atoms with Crippen LogP contribution >= 0.6 is 0 Å². The standard InChI is InChI=1S/C12H16N6/c1-9-10(5-11(6-13)18(9)2)7-14-4-3-12-15-8-16-17-12/h5,8,14H,3-4,7H2,1-2H3,(H,15,16,17). The van der Waals surface area contributed by atoms with Crippen molar-refractivity contribution in [1.29, 1.82) is 5.26 Å². The predicted octanol–water partition coefficient (Wildman–Crippen LogP) is 0.656. The Bertz CT molecular complexity index is 546. The highest BCUT2D eigenvalue weighted by atomic mass is 15.2. The molecule has 0 saturated carbocycles. The van der Waals surface area contributed by atoms with E-state index in [2.05, 4.69) is 26.6 Å². The quantitative estimate of drug-likeness (QED) is 0.757. The zero-order chi connectivity index (χ0) is 13.0. The van der Waals surface area contributed by atoms with E-state index >= 15 is 0 Å². The van der Waals surface area contributed by atoms with E-state index in [9.17, 15) is 0 Å². The van der Waals surface area contributed by atoms with Crippen molar-refractivity contribution in [2.45, 2.75) is 19.9 Å². The van der Waals surface area contributed by atoms with Crippen molar-refractivity contribution < 1.29 is 0 Å². The van der Waals surface area contributed by atoms with Crippen LogP contribution in [0, 0.1) is 18.3 Å². The minimum Gasteiger partial charge on any atom is -0.340 e. The number of rotatable bonds is 5. The Balaban J connectivity index is 1.85. The zero-order valence-corrected chi connectivity index (χ0v) is 10.6. The smallest absolute Gasteiger partial charge is 0.137 e. The van der Waals surface area contributed by atoms with Gasteiger partial charge in [-0.05, 0) is 18.6 Å². The van der Waals surface area contributed by atoms with E-state index < -0.39 is 0 Å². The second-order valence-corrected chi connectivity index (χ2v) is 4.17. The summed E-state index contributed by atoms with van der Waals surface area (Å²) in [4.78, 5) is 4.06. The van der Waals surface area contributed by atoms with Crippen LogP contribution in [0.4, 0.5) is 0 Å². The SMILES string of the molecule is Cc1c(CNCCc2ncn[nH]2)cc(C#N)n1C. The summed E-state index contributed by atoms with van der Waals surface area (Å²) in [7, 11) is 1.91. The van der Waals surface area contributed by atoms with Gasteiger partial charge in [0.25, 0.3) is 0 Å². The number of aromatic nitrogens is 4. The first-order valence-electron chi connectivity index (χ1n) is 5.82. The summed E-state index contributed by atoms with van der Waals surface area (Å²) >= 11 is 0. The van der Waals surface area contributed by atoms with E-state index in [1.807, 2.05) is 24.6 Å². The Kier molecular flexibility index (Phi) is 3.75. The lowest BCUT2D eigenvalue weighted by Gasteiger charge is -2.04. The molecule has 2 aromatic rings. The molecule has 0 bridgehead atoms. The number of hydrogen-bond acceptors (Lipinski definition) is 4. The summed E-state index contributed by atoms with van der Waals surface area (Å²) in [6.07, 6.45) is 2.33.